The Balaban J connectivity index is 2.97. The molecule has 0 radical (unpaired) electrons. The fourth-order valence-electron chi connectivity index (χ4n) is 2.54. The molecule has 0 aromatic heterocycles. The summed E-state index contributed by atoms with van der Waals surface area (Å²) in [6.07, 6.45) is -2.06. The van der Waals surface area contributed by atoms with Crippen LogP contribution in [0.2, 0.25) is 0 Å². The van der Waals surface area contributed by atoms with Crippen LogP contribution in [0.3, 0.4) is 0 Å². The fourth-order valence-corrected chi connectivity index (χ4v) is 2.54. The molecule has 0 aromatic rings. The van der Waals surface area contributed by atoms with Gasteiger partial charge in [-0.25, -0.2) is 0 Å². The summed E-state index contributed by atoms with van der Waals surface area (Å²) in [7, 11) is 0. The lowest BCUT2D eigenvalue weighted by Gasteiger charge is -2.37. The second-order valence-corrected chi connectivity index (χ2v) is 6.23. The van der Waals surface area contributed by atoms with E-state index < -0.39 is 42.2 Å². The highest BCUT2D eigenvalue weighted by Crippen LogP contribution is 2.30. The van der Waals surface area contributed by atoms with Gasteiger partial charge < -0.3 is 28.8 Å². The van der Waals surface area contributed by atoms with Crippen LogP contribution in [-0.4, -0.2) is 60.5 Å². The molecule has 0 bridgehead atoms. The van der Waals surface area contributed by atoms with Crippen molar-refractivity contribution in [2.75, 3.05) is 13.2 Å². The minimum atomic E-state index is -1.03. The molecule has 1 heterocycles. The predicted molar refractivity (Wildman–Crippen MR) is 92.8 cm³/mol. The largest absolute Gasteiger partial charge is 0.481 e. The van der Waals surface area contributed by atoms with Crippen LogP contribution in [0.1, 0.15) is 47.0 Å². The summed E-state index contributed by atoms with van der Waals surface area (Å²) in [6, 6.07) is 0. The molecule has 0 amide bonds. The summed E-state index contributed by atoms with van der Waals surface area (Å²) in [4.78, 5) is 44.7. The summed E-state index contributed by atoms with van der Waals surface area (Å²) < 4.78 is 26.8. The maximum absolute atomic E-state index is 11.5. The summed E-state index contributed by atoms with van der Waals surface area (Å²) in [5.41, 5.74) is 0.388. The van der Waals surface area contributed by atoms with E-state index in [1.165, 1.54) is 20.8 Å². The van der Waals surface area contributed by atoms with Crippen molar-refractivity contribution < 1.29 is 48.0 Å². The lowest BCUT2D eigenvalue weighted by Crippen LogP contribution is -2.50. The molecule has 1 N–H and O–H groups in total. The molecule has 28 heavy (non-hydrogen) atoms. The fraction of sp³-hybridized carbons (Fsp3) is 0.667. The van der Waals surface area contributed by atoms with E-state index in [9.17, 15) is 19.2 Å². The Morgan fingerprint density at radius 1 is 1.00 bits per heavy atom. The Labute approximate surface area is 162 Å². The van der Waals surface area contributed by atoms with E-state index in [-0.39, 0.29) is 25.6 Å². The molecule has 0 saturated heterocycles. The van der Waals surface area contributed by atoms with Crippen molar-refractivity contribution >= 4 is 23.9 Å². The Hall–Kier alpha value is -2.78. The quantitative estimate of drug-likeness (QED) is 0.324. The molecule has 0 saturated carbocycles. The number of carboxylic acids is 1. The first kappa shape index (κ1) is 23.3. The highest BCUT2D eigenvalue weighted by atomic mass is 16.7. The van der Waals surface area contributed by atoms with E-state index >= 15 is 0 Å². The Bertz CT molecular complexity index is 624. The predicted octanol–water partition coefficient (Wildman–Crippen LogP) is 1.31. The molecule has 0 spiro atoms. The van der Waals surface area contributed by atoms with Gasteiger partial charge >= 0.3 is 23.9 Å². The number of carbonyl (C=O) groups is 4. The van der Waals surface area contributed by atoms with Gasteiger partial charge in [0.15, 0.2) is 18.3 Å². The van der Waals surface area contributed by atoms with Gasteiger partial charge in [0.25, 0.3) is 5.95 Å². The zero-order valence-electron chi connectivity index (χ0n) is 16.4. The molecule has 2 unspecified atom stereocenters. The lowest BCUT2D eigenvalue weighted by molar-refractivity contribution is -0.191. The third-order valence-electron chi connectivity index (χ3n) is 3.74. The van der Waals surface area contributed by atoms with Crippen molar-refractivity contribution in [3.05, 3.63) is 11.5 Å². The first-order valence-electron chi connectivity index (χ1n) is 8.81. The number of esters is 3. The minimum Gasteiger partial charge on any atom is -0.481 e. The summed E-state index contributed by atoms with van der Waals surface area (Å²) in [6.45, 7) is 5.14. The molecule has 1 rings (SSSR count). The molecule has 10 heteroatoms. The van der Waals surface area contributed by atoms with Gasteiger partial charge in [0.05, 0.1) is 12.2 Å². The van der Waals surface area contributed by atoms with Crippen molar-refractivity contribution in [3.63, 3.8) is 0 Å². The van der Waals surface area contributed by atoms with Crippen molar-refractivity contribution in [2.45, 2.75) is 65.3 Å². The third kappa shape index (κ3) is 7.85. The second kappa shape index (κ2) is 11.2. The summed E-state index contributed by atoms with van der Waals surface area (Å²) in [5, 5.41) is 8.66. The number of hydrogen-bond acceptors (Lipinski definition) is 9. The van der Waals surface area contributed by atoms with Gasteiger partial charge in [-0.15, -0.1) is 0 Å². The summed E-state index contributed by atoms with van der Waals surface area (Å²) >= 11 is 0. The van der Waals surface area contributed by atoms with Gasteiger partial charge in [-0.2, -0.15) is 0 Å². The van der Waals surface area contributed by atoms with Crippen LogP contribution in [0.25, 0.3) is 0 Å². The molecule has 3 atom stereocenters. The summed E-state index contributed by atoms with van der Waals surface area (Å²) in [5.74, 6) is -2.62. The van der Waals surface area contributed by atoms with E-state index in [0.29, 0.717) is 18.4 Å². The van der Waals surface area contributed by atoms with E-state index in [4.69, 9.17) is 28.8 Å². The van der Waals surface area contributed by atoms with Crippen LogP contribution < -0.4 is 0 Å². The molecule has 0 aromatic carbocycles. The van der Waals surface area contributed by atoms with Gasteiger partial charge in [-0.05, 0) is 19.8 Å². The van der Waals surface area contributed by atoms with Crippen molar-refractivity contribution in [2.24, 2.45) is 0 Å². The first-order chi connectivity index (χ1) is 13.1. The highest BCUT2D eigenvalue weighted by molar-refractivity contribution is 5.68. The number of rotatable bonds is 10. The average Bonchev–Trinajstić information content (AvgIpc) is 2.57. The number of carboxylic acid groups (broad SMARTS) is 1. The monoisotopic (exact) mass is 402 g/mol. The molecule has 0 aliphatic carbocycles. The topological polar surface area (TPSA) is 135 Å². The highest BCUT2D eigenvalue weighted by Gasteiger charge is 2.44. The molecule has 1 aliphatic rings. The van der Waals surface area contributed by atoms with Crippen LogP contribution in [0.15, 0.2) is 11.5 Å². The van der Waals surface area contributed by atoms with Crippen LogP contribution >= 0.6 is 0 Å². The van der Waals surface area contributed by atoms with Crippen molar-refractivity contribution in [1.29, 1.82) is 0 Å². The van der Waals surface area contributed by atoms with Crippen LogP contribution in [0, 0.1) is 0 Å². The lowest BCUT2D eigenvalue weighted by atomic mass is 9.99. The number of aliphatic carboxylic acids is 1. The van der Waals surface area contributed by atoms with Gasteiger partial charge in [0.1, 0.15) is 6.61 Å². The smallest absolute Gasteiger partial charge is 0.303 e. The van der Waals surface area contributed by atoms with E-state index in [2.05, 4.69) is 0 Å². The van der Waals surface area contributed by atoms with Gasteiger partial charge in [-0.1, -0.05) is 0 Å². The van der Waals surface area contributed by atoms with Gasteiger partial charge in [0.2, 0.25) is 0 Å². The third-order valence-corrected chi connectivity index (χ3v) is 3.74. The van der Waals surface area contributed by atoms with E-state index in [0.717, 1.165) is 0 Å². The Kier molecular flexibility index (Phi) is 9.26. The SMILES string of the molecule is CC(=O)OCC1OC(OCCCCC(=O)O)=C(C)C(OC(C)=O)[C@H]1OC(C)=O. The van der Waals surface area contributed by atoms with Gasteiger partial charge in [-0.3, -0.25) is 19.2 Å². The number of hydrogen-bond donors (Lipinski definition) is 1. The maximum Gasteiger partial charge on any atom is 0.303 e. The Morgan fingerprint density at radius 2 is 1.64 bits per heavy atom. The van der Waals surface area contributed by atoms with E-state index in [1.807, 2.05) is 0 Å². The Morgan fingerprint density at radius 3 is 2.18 bits per heavy atom. The van der Waals surface area contributed by atoms with Crippen molar-refractivity contribution in [1.82, 2.24) is 0 Å². The van der Waals surface area contributed by atoms with Crippen LogP contribution in [0.4, 0.5) is 0 Å². The van der Waals surface area contributed by atoms with Gasteiger partial charge in [0, 0.05) is 27.2 Å². The molecule has 1 aliphatic heterocycles. The number of carbonyl (C=O) groups excluding carboxylic acids is 3. The minimum absolute atomic E-state index is 0.0158. The number of ether oxygens (including phenoxy) is 5. The number of unbranched alkanes of at least 4 members (excludes halogenated alkanes) is 1. The first-order valence-corrected chi connectivity index (χ1v) is 8.81. The van der Waals surface area contributed by atoms with Crippen LogP contribution in [0.5, 0.6) is 0 Å². The zero-order valence-corrected chi connectivity index (χ0v) is 16.4. The molecule has 158 valence electrons. The maximum atomic E-state index is 11.5. The zero-order chi connectivity index (χ0) is 21.3. The molecular formula is C18H26O10. The standard InChI is InChI=1S/C18H26O10/c1-10-16(26-12(3)20)17(27-13(4)21)14(9-25-11(2)19)28-18(10)24-8-6-5-7-15(22)23/h14,16-17H,5-9H2,1-4H3,(H,22,23)/t14?,16?,17-/m0/s1. The molecule has 10 nitrogen and oxygen atoms in total. The molecule has 0 fully saturated rings. The van der Waals surface area contributed by atoms with E-state index in [1.54, 1.807) is 6.92 Å². The average molecular weight is 402 g/mol. The second-order valence-electron chi connectivity index (χ2n) is 6.23. The normalized spacial score (nSPS) is 21.4. The van der Waals surface area contributed by atoms with Crippen LogP contribution in [-0.2, 0) is 42.9 Å². The van der Waals surface area contributed by atoms with Crippen molar-refractivity contribution in [3.8, 4) is 0 Å². The molecular weight excluding hydrogens is 376 g/mol.